The van der Waals surface area contributed by atoms with Gasteiger partial charge in [-0.15, -0.1) is 0 Å². The molecule has 0 aromatic heterocycles. The van der Waals surface area contributed by atoms with Crippen molar-refractivity contribution in [2.45, 2.75) is 46.1 Å². The molecule has 0 aromatic carbocycles. The van der Waals surface area contributed by atoms with E-state index in [1.54, 1.807) is 0 Å². The van der Waals surface area contributed by atoms with Gasteiger partial charge in [-0.3, -0.25) is 0 Å². The highest BCUT2D eigenvalue weighted by Crippen LogP contribution is 2.43. The van der Waals surface area contributed by atoms with Crippen molar-refractivity contribution in [1.82, 2.24) is 10.2 Å². The molecule has 2 saturated heterocycles. The van der Waals surface area contributed by atoms with Crippen molar-refractivity contribution in [2.24, 2.45) is 11.3 Å². The van der Waals surface area contributed by atoms with Crippen LogP contribution in [0, 0.1) is 11.3 Å². The first-order chi connectivity index (χ1) is 8.32. The Bertz CT molecular complexity index is 316. The Labute approximate surface area is 110 Å². The minimum Gasteiger partial charge on any atom is -0.444 e. The number of hydrogen-bond donors (Lipinski definition) is 1. The first-order valence-electron chi connectivity index (χ1n) is 7.01. The van der Waals surface area contributed by atoms with Gasteiger partial charge in [0.15, 0.2) is 0 Å². The molecule has 1 N–H and O–H groups in total. The molecule has 18 heavy (non-hydrogen) atoms. The van der Waals surface area contributed by atoms with Gasteiger partial charge in [-0.2, -0.15) is 0 Å². The molecule has 1 amide bonds. The number of carbonyl (C=O) groups is 1. The van der Waals surface area contributed by atoms with Gasteiger partial charge in [0, 0.05) is 13.1 Å². The van der Waals surface area contributed by atoms with Gasteiger partial charge < -0.3 is 15.0 Å². The summed E-state index contributed by atoms with van der Waals surface area (Å²) in [4.78, 5) is 14.0. The van der Waals surface area contributed by atoms with E-state index in [9.17, 15) is 4.79 Å². The number of nitrogens with zero attached hydrogens (tertiary/aromatic N) is 1. The maximum Gasteiger partial charge on any atom is 0.410 e. The molecule has 2 heterocycles. The van der Waals surface area contributed by atoms with Crippen LogP contribution in [0.2, 0.25) is 0 Å². The molecule has 1 unspecified atom stereocenters. The molecule has 2 aliphatic heterocycles. The fourth-order valence-corrected chi connectivity index (χ4v) is 3.17. The molecule has 104 valence electrons. The number of rotatable bonds is 0. The number of ether oxygens (including phenoxy) is 1. The Hall–Kier alpha value is -0.770. The van der Waals surface area contributed by atoms with E-state index in [2.05, 4.69) is 12.2 Å². The van der Waals surface area contributed by atoms with Crippen LogP contribution in [-0.4, -0.2) is 42.8 Å². The highest BCUT2D eigenvalue weighted by molar-refractivity contribution is 5.68. The van der Waals surface area contributed by atoms with Crippen molar-refractivity contribution in [3.8, 4) is 0 Å². The number of amides is 1. The zero-order valence-electron chi connectivity index (χ0n) is 12.1. The lowest BCUT2D eigenvalue weighted by molar-refractivity contribution is 0.0264. The lowest BCUT2D eigenvalue weighted by atomic mass is 9.72. The van der Waals surface area contributed by atoms with Crippen LogP contribution in [0.25, 0.3) is 0 Å². The molecule has 1 spiro atoms. The smallest absolute Gasteiger partial charge is 0.410 e. The Morgan fingerprint density at radius 2 is 1.94 bits per heavy atom. The minimum atomic E-state index is -0.399. The quantitative estimate of drug-likeness (QED) is 0.721. The third-order valence-electron chi connectivity index (χ3n) is 4.30. The van der Waals surface area contributed by atoms with Crippen LogP contribution < -0.4 is 5.32 Å². The normalized spacial score (nSPS) is 27.6. The van der Waals surface area contributed by atoms with E-state index in [-0.39, 0.29) is 6.09 Å². The first kappa shape index (κ1) is 13.7. The molecule has 0 aliphatic carbocycles. The molecule has 0 aromatic rings. The molecule has 0 bridgehead atoms. The largest absolute Gasteiger partial charge is 0.444 e. The molecule has 4 nitrogen and oxygen atoms in total. The molecular weight excluding hydrogens is 228 g/mol. The molecule has 0 radical (unpaired) electrons. The summed E-state index contributed by atoms with van der Waals surface area (Å²) < 4.78 is 5.48. The SMILES string of the molecule is CC1CN(C(=O)OC(C)(C)C)CC12CCNCC2. The molecule has 1 atom stereocenters. The second-order valence-electron chi connectivity index (χ2n) is 6.87. The summed E-state index contributed by atoms with van der Waals surface area (Å²) in [5, 5.41) is 3.40. The highest BCUT2D eigenvalue weighted by atomic mass is 16.6. The number of likely N-dealkylation sites (tertiary alicyclic amines) is 1. The average molecular weight is 254 g/mol. The van der Waals surface area contributed by atoms with Gasteiger partial charge >= 0.3 is 6.09 Å². The third-order valence-corrected chi connectivity index (χ3v) is 4.30. The summed E-state index contributed by atoms with van der Waals surface area (Å²) in [5.41, 5.74) is -0.0770. The van der Waals surface area contributed by atoms with Crippen molar-refractivity contribution >= 4 is 6.09 Å². The predicted molar refractivity (Wildman–Crippen MR) is 71.5 cm³/mol. The molecule has 2 aliphatic rings. The summed E-state index contributed by atoms with van der Waals surface area (Å²) in [5.74, 6) is 0.576. The second-order valence-corrected chi connectivity index (χ2v) is 6.87. The summed E-state index contributed by atoms with van der Waals surface area (Å²) in [6.07, 6.45) is 2.20. The predicted octanol–water partition coefficient (Wildman–Crippen LogP) is 2.24. The van der Waals surface area contributed by atoms with Gasteiger partial charge in [0.25, 0.3) is 0 Å². The van der Waals surface area contributed by atoms with E-state index in [0.29, 0.717) is 11.3 Å². The van der Waals surface area contributed by atoms with Gasteiger partial charge in [0.1, 0.15) is 5.60 Å². The van der Waals surface area contributed by atoms with Crippen molar-refractivity contribution < 1.29 is 9.53 Å². The molecule has 2 rings (SSSR count). The maximum absolute atomic E-state index is 12.1. The zero-order valence-corrected chi connectivity index (χ0v) is 12.1. The van der Waals surface area contributed by atoms with E-state index in [0.717, 1.165) is 26.2 Å². The Kier molecular flexibility index (Phi) is 3.58. The van der Waals surface area contributed by atoms with E-state index in [1.807, 2.05) is 25.7 Å². The number of nitrogens with one attached hydrogen (secondary N) is 1. The minimum absolute atomic E-state index is 0.148. The fraction of sp³-hybridized carbons (Fsp3) is 0.929. The molecule has 0 saturated carbocycles. The summed E-state index contributed by atoms with van der Waals surface area (Å²) in [6, 6.07) is 0. The van der Waals surface area contributed by atoms with Crippen LogP contribution in [0.1, 0.15) is 40.5 Å². The number of hydrogen-bond acceptors (Lipinski definition) is 3. The summed E-state index contributed by atoms with van der Waals surface area (Å²) >= 11 is 0. The lowest BCUT2D eigenvalue weighted by Crippen LogP contribution is -2.42. The molecule has 4 heteroatoms. The highest BCUT2D eigenvalue weighted by Gasteiger charge is 2.46. The van der Waals surface area contributed by atoms with Crippen molar-refractivity contribution in [2.75, 3.05) is 26.2 Å². The van der Waals surface area contributed by atoms with Crippen molar-refractivity contribution in [3.63, 3.8) is 0 Å². The van der Waals surface area contributed by atoms with Crippen LogP contribution >= 0.6 is 0 Å². The van der Waals surface area contributed by atoms with E-state index in [1.165, 1.54) is 12.8 Å². The first-order valence-corrected chi connectivity index (χ1v) is 7.01. The zero-order chi connectivity index (χ0) is 13.4. The van der Waals surface area contributed by atoms with Crippen molar-refractivity contribution in [1.29, 1.82) is 0 Å². The van der Waals surface area contributed by atoms with Gasteiger partial charge in [0.2, 0.25) is 0 Å². The standard InChI is InChI=1S/C14H26N2O2/c1-11-9-16(12(17)18-13(2,3)4)10-14(11)5-7-15-8-6-14/h11,15H,5-10H2,1-4H3. The topological polar surface area (TPSA) is 41.6 Å². The monoisotopic (exact) mass is 254 g/mol. The van der Waals surface area contributed by atoms with Crippen molar-refractivity contribution in [3.05, 3.63) is 0 Å². The summed E-state index contributed by atoms with van der Waals surface area (Å²) in [6.45, 7) is 11.9. The van der Waals surface area contributed by atoms with Gasteiger partial charge in [0.05, 0.1) is 0 Å². The van der Waals surface area contributed by atoms with Crippen LogP contribution in [-0.2, 0) is 4.74 Å². The van der Waals surface area contributed by atoms with Crippen LogP contribution in [0.3, 0.4) is 0 Å². The third kappa shape index (κ3) is 2.79. The van der Waals surface area contributed by atoms with E-state index < -0.39 is 5.60 Å². The number of carbonyl (C=O) groups excluding carboxylic acids is 1. The Balaban J connectivity index is 1.99. The Morgan fingerprint density at radius 3 is 2.50 bits per heavy atom. The van der Waals surface area contributed by atoms with Gasteiger partial charge in [-0.25, -0.2) is 4.79 Å². The number of piperidine rings is 1. The second kappa shape index (κ2) is 4.72. The fourth-order valence-electron chi connectivity index (χ4n) is 3.17. The lowest BCUT2D eigenvalue weighted by Gasteiger charge is -2.37. The molecule has 2 fully saturated rings. The van der Waals surface area contributed by atoms with Gasteiger partial charge in [-0.05, 0) is 58.0 Å². The van der Waals surface area contributed by atoms with E-state index >= 15 is 0 Å². The van der Waals surface area contributed by atoms with Gasteiger partial charge in [-0.1, -0.05) is 6.92 Å². The van der Waals surface area contributed by atoms with E-state index in [4.69, 9.17) is 4.74 Å². The van der Waals surface area contributed by atoms with Crippen LogP contribution in [0.15, 0.2) is 0 Å². The van der Waals surface area contributed by atoms with Crippen LogP contribution in [0.4, 0.5) is 4.79 Å². The summed E-state index contributed by atoms with van der Waals surface area (Å²) in [7, 11) is 0. The average Bonchev–Trinajstić information content (AvgIpc) is 2.56. The van der Waals surface area contributed by atoms with Crippen LogP contribution in [0.5, 0.6) is 0 Å². The Morgan fingerprint density at radius 1 is 1.33 bits per heavy atom. The maximum atomic E-state index is 12.1. The molecular formula is C14H26N2O2.